The molecule has 0 radical (unpaired) electrons. The number of benzene rings is 1. The Morgan fingerprint density at radius 2 is 2.19 bits per heavy atom. The summed E-state index contributed by atoms with van der Waals surface area (Å²) in [5, 5.41) is 2.98. The first-order valence-corrected chi connectivity index (χ1v) is 5.37. The predicted octanol–water partition coefficient (Wildman–Crippen LogP) is 1.30. The van der Waals surface area contributed by atoms with Gasteiger partial charge < -0.3 is 14.8 Å². The molecule has 0 aromatic heterocycles. The van der Waals surface area contributed by atoms with Crippen LogP contribution in [0.1, 0.15) is 17.4 Å². The Hall–Kier alpha value is -1.34. The maximum absolute atomic E-state index is 5.44. The standard InChI is InChI=1S/C13H15NO2/c1-14-7-3-5-11-4-2-6-12(10-11)13-15-8-9-16-13/h2,4,6,10,13-14H,7-9H2,1H3. The van der Waals surface area contributed by atoms with Crippen LogP contribution in [0.15, 0.2) is 24.3 Å². The van der Waals surface area contributed by atoms with Gasteiger partial charge >= 0.3 is 0 Å². The minimum atomic E-state index is -0.217. The summed E-state index contributed by atoms with van der Waals surface area (Å²) in [5.74, 6) is 6.11. The van der Waals surface area contributed by atoms with Gasteiger partial charge in [-0.2, -0.15) is 0 Å². The molecule has 84 valence electrons. The normalized spacial score (nSPS) is 15.8. The molecule has 2 rings (SSSR count). The van der Waals surface area contributed by atoms with Gasteiger partial charge in [0.15, 0.2) is 6.29 Å². The highest BCUT2D eigenvalue weighted by atomic mass is 16.7. The van der Waals surface area contributed by atoms with Crippen LogP contribution in [0.3, 0.4) is 0 Å². The van der Waals surface area contributed by atoms with Gasteiger partial charge in [-0.25, -0.2) is 0 Å². The zero-order chi connectivity index (χ0) is 11.2. The van der Waals surface area contributed by atoms with E-state index < -0.39 is 0 Å². The third-order valence-electron chi connectivity index (χ3n) is 2.28. The molecule has 0 saturated carbocycles. The Morgan fingerprint density at radius 1 is 1.38 bits per heavy atom. The molecule has 0 atom stereocenters. The van der Waals surface area contributed by atoms with E-state index in [4.69, 9.17) is 9.47 Å². The molecule has 1 aliphatic heterocycles. The van der Waals surface area contributed by atoms with Crippen molar-refractivity contribution in [3.05, 3.63) is 35.4 Å². The summed E-state index contributed by atoms with van der Waals surface area (Å²) in [6, 6.07) is 7.97. The van der Waals surface area contributed by atoms with Gasteiger partial charge in [0.05, 0.1) is 19.8 Å². The SMILES string of the molecule is CNCC#Cc1cccc(C2OCCO2)c1. The molecule has 0 unspecified atom stereocenters. The Labute approximate surface area is 95.8 Å². The summed E-state index contributed by atoms with van der Waals surface area (Å²) < 4.78 is 10.9. The number of hydrogen-bond donors (Lipinski definition) is 1. The Balaban J connectivity index is 2.10. The molecular formula is C13H15NO2. The van der Waals surface area contributed by atoms with E-state index in [-0.39, 0.29) is 6.29 Å². The first-order chi connectivity index (χ1) is 7.90. The monoisotopic (exact) mass is 217 g/mol. The average Bonchev–Trinajstić information content (AvgIpc) is 2.83. The van der Waals surface area contributed by atoms with Crippen LogP contribution in [0.2, 0.25) is 0 Å². The molecule has 0 bridgehead atoms. The summed E-state index contributed by atoms with van der Waals surface area (Å²) in [5.41, 5.74) is 2.03. The highest BCUT2D eigenvalue weighted by Gasteiger charge is 2.17. The van der Waals surface area contributed by atoms with Gasteiger partial charge in [-0.05, 0) is 19.2 Å². The molecule has 1 aromatic carbocycles. The van der Waals surface area contributed by atoms with E-state index in [0.717, 1.165) is 11.1 Å². The van der Waals surface area contributed by atoms with Crippen molar-refractivity contribution in [2.75, 3.05) is 26.8 Å². The van der Waals surface area contributed by atoms with Gasteiger partial charge in [0.25, 0.3) is 0 Å². The lowest BCUT2D eigenvalue weighted by atomic mass is 10.1. The fourth-order valence-electron chi connectivity index (χ4n) is 1.55. The third kappa shape index (κ3) is 2.83. The van der Waals surface area contributed by atoms with Crippen LogP contribution in [-0.2, 0) is 9.47 Å². The molecule has 3 nitrogen and oxygen atoms in total. The molecule has 1 N–H and O–H groups in total. The Bertz CT molecular complexity index is 400. The zero-order valence-corrected chi connectivity index (χ0v) is 9.32. The molecule has 1 aromatic rings. The molecule has 1 aliphatic rings. The van der Waals surface area contributed by atoms with Crippen molar-refractivity contribution < 1.29 is 9.47 Å². The summed E-state index contributed by atoms with van der Waals surface area (Å²) in [6.07, 6.45) is -0.217. The summed E-state index contributed by atoms with van der Waals surface area (Å²) >= 11 is 0. The highest BCUT2D eigenvalue weighted by Crippen LogP contribution is 2.23. The van der Waals surface area contributed by atoms with Crippen LogP contribution in [0.4, 0.5) is 0 Å². The van der Waals surface area contributed by atoms with E-state index in [1.165, 1.54) is 0 Å². The second kappa shape index (κ2) is 5.66. The first-order valence-electron chi connectivity index (χ1n) is 5.37. The first kappa shape index (κ1) is 11.2. The topological polar surface area (TPSA) is 30.5 Å². The number of ether oxygens (including phenoxy) is 2. The van der Waals surface area contributed by atoms with Crippen LogP contribution in [0.5, 0.6) is 0 Å². The van der Waals surface area contributed by atoms with E-state index in [0.29, 0.717) is 19.8 Å². The lowest BCUT2D eigenvalue weighted by Gasteiger charge is -2.08. The summed E-state index contributed by atoms with van der Waals surface area (Å²) in [4.78, 5) is 0. The third-order valence-corrected chi connectivity index (χ3v) is 2.28. The van der Waals surface area contributed by atoms with Gasteiger partial charge in [0.2, 0.25) is 0 Å². The molecule has 0 spiro atoms. The second-order valence-corrected chi connectivity index (χ2v) is 3.53. The lowest BCUT2D eigenvalue weighted by Crippen LogP contribution is -2.04. The fourth-order valence-corrected chi connectivity index (χ4v) is 1.55. The van der Waals surface area contributed by atoms with Gasteiger partial charge in [-0.15, -0.1) is 0 Å². The van der Waals surface area contributed by atoms with Crippen molar-refractivity contribution >= 4 is 0 Å². The molecule has 1 saturated heterocycles. The molecule has 16 heavy (non-hydrogen) atoms. The molecule has 3 heteroatoms. The highest BCUT2D eigenvalue weighted by molar-refractivity contribution is 5.37. The van der Waals surface area contributed by atoms with Crippen LogP contribution in [-0.4, -0.2) is 26.8 Å². The van der Waals surface area contributed by atoms with Gasteiger partial charge in [0.1, 0.15) is 0 Å². The van der Waals surface area contributed by atoms with Crippen LogP contribution in [0, 0.1) is 11.8 Å². The van der Waals surface area contributed by atoms with E-state index in [9.17, 15) is 0 Å². The summed E-state index contributed by atoms with van der Waals surface area (Å²) in [6.45, 7) is 2.03. The van der Waals surface area contributed by atoms with Crippen molar-refractivity contribution in [2.45, 2.75) is 6.29 Å². The predicted molar refractivity (Wildman–Crippen MR) is 61.9 cm³/mol. The Kier molecular flexibility index (Phi) is 3.95. The molecule has 1 heterocycles. The van der Waals surface area contributed by atoms with E-state index >= 15 is 0 Å². The molecular weight excluding hydrogens is 202 g/mol. The average molecular weight is 217 g/mol. The second-order valence-electron chi connectivity index (χ2n) is 3.53. The molecule has 0 amide bonds. The molecule has 0 aliphatic carbocycles. The number of hydrogen-bond acceptors (Lipinski definition) is 3. The van der Waals surface area contributed by atoms with Crippen molar-refractivity contribution in [3.63, 3.8) is 0 Å². The lowest BCUT2D eigenvalue weighted by molar-refractivity contribution is -0.0441. The minimum absolute atomic E-state index is 0.217. The smallest absolute Gasteiger partial charge is 0.184 e. The van der Waals surface area contributed by atoms with E-state index in [2.05, 4.69) is 17.2 Å². The van der Waals surface area contributed by atoms with E-state index in [1.807, 2.05) is 31.3 Å². The van der Waals surface area contributed by atoms with Crippen molar-refractivity contribution in [1.82, 2.24) is 5.32 Å². The maximum Gasteiger partial charge on any atom is 0.184 e. The Morgan fingerprint density at radius 3 is 2.94 bits per heavy atom. The number of rotatable bonds is 2. The van der Waals surface area contributed by atoms with E-state index in [1.54, 1.807) is 0 Å². The summed E-state index contributed by atoms with van der Waals surface area (Å²) in [7, 11) is 1.88. The number of nitrogens with one attached hydrogen (secondary N) is 1. The van der Waals surface area contributed by atoms with Crippen LogP contribution < -0.4 is 5.32 Å². The van der Waals surface area contributed by atoms with Crippen molar-refractivity contribution in [1.29, 1.82) is 0 Å². The molecule has 1 fully saturated rings. The minimum Gasteiger partial charge on any atom is -0.346 e. The van der Waals surface area contributed by atoms with Crippen LogP contribution in [0.25, 0.3) is 0 Å². The van der Waals surface area contributed by atoms with Gasteiger partial charge in [0, 0.05) is 11.1 Å². The largest absolute Gasteiger partial charge is 0.346 e. The zero-order valence-electron chi connectivity index (χ0n) is 9.32. The van der Waals surface area contributed by atoms with Crippen LogP contribution >= 0.6 is 0 Å². The quantitative estimate of drug-likeness (QED) is 0.757. The van der Waals surface area contributed by atoms with Gasteiger partial charge in [-0.3, -0.25) is 0 Å². The van der Waals surface area contributed by atoms with Crippen molar-refractivity contribution in [2.24, 2.45) is 0 Å². The van der Waals surface area contributed by atoms with Gasteiger partial charge in [-0.1, -0.05) is 24.0 Å². The maximum atomic E-state index is 5.44. The van der Waals surface area contributed by atoms with Crippen molar-refractivity contribution in [3.8, 4) is 11.8 Å². The fraction of sp³-hybridized carbons (Fsp3) is 0.385.